The lowest BCUT2D eigenvalue weighted by Crippen LogP contribution is -2.11. The van der Waals surface area contributed by atoms with E-state index in [4.69, 9.17) is 8.74 Å². The molecular formula is C13H9F3O6S2. The van der Waals surface area contributed by atoms with Gasteiger partial charge in [-0.1, -0.05) is 0 Å². The standard InChI is InChI=1S/C13H9F3O6S2/c14-13(15,16)9-1-5-12(6-2-9)24(20,21)22-10-3-7-11(8-4-10)23(17,18)19/h1-8H,(H,17,18,19). The molecule has 0 aliphatic heterocycles. The number of alkyl halides is 3. The molecule has 0 saturated heterocycles. The van der Waals surface area contributed by atoms with Gasteiger partial charge >= 0.3 is 16.3 Å². The molecule has 0 fully saturated rings. The minimum absolute atomic E-state index is 0.276. The highest BCUT2D eigenvalue weighted by molar-refractivity contribution is 7.87. The first-order valence-corrected chi connectivity index (χ1v) is 8.94. The number of hydrogen-bond donors (Lipinski definition) is 1. The lowest BCUT2D eigenvalue weighted by Gasteiger charge is -2.09. The molecule has 6 nitrogen and oxygen atoms in total. The molecular weight excluding hydrogens is 373 g/mol. The molecule has 0 heterocycles. The Labute approximate surface area is 135 Å². The molecule has 2 aromatic rings. The third kappa shape index (κ3) is 4.24. The Kier molecular flexibility index (Phi) is 4.61. The van der Waals surface area contributed by atoms with E-state index < -0.39 is 41.8 Å². The van der Waals surface area contributed by atoms with Crippen LogP contribution in [0.4, 0.5) is 13.2 Å². The maximum atomic E-state index is 12.4. The first-order valence-electron chi connectivity index (χ1n) is 6.09. The number of halogens is 3. The molecule has 24 heavy (non-hydrogen) atoms. The van der Waals surface area contributed by atoms with Gasteiger partial charge in [0.05, 0.1) is 10.5 Å². The molecule has 0 amide bonds. The molecule has 2 aromatic carbocycles. The van der Waals surface area contributed by atoms with Crippen molar-refractivity contribution in [2.24, 2.45) is 0 Å². The molecule has 2 rings (SSSR count). The predicted molar refractivity (Wildman–Crippen MR) is 75.5 cm³/mol. The molecule has 0 unspecified atom stereocenters. The Morgan fingerprint density at radius 3 is 1.67 bits per heavy atom. The summed E-state index contributed by atoms with van der Waals surface area (Å²) in [4.78, 5) is -0.976. The SMILES string of the molecule is O=S(=O)(O)c1ccc(OS(=O)(=O)c2ccc(C(F)(F)F)cc2)cc1. The molecule has 0 aromatic heterocycles. The molecule has 0 radical (unpaired) electrons. The maximum Gasteiger partial charge on any atom is 0.416 e. The Morgan fingerprint density at radius 2 is 1.25 bits per heavy atom. The van der Waals surface area contributed by atoms with Crippen LogP contribution in [0.25, 0.3) is 0 Å². The Morgan fingerprint density at radius 1 is 0.792 bits per heavy atom. The zero-order valence-corrected chi connectivity index (χ0v) is 13.2. The molecule has 0 atom stereocenters. The Hall–Kier alpha value is -2.11. The van der Waals surface area contributed by atoms with Crippen LogP contribution in [0.3, 0.4) is 0 Å². The maximum absolute atomic E-state index is 12.4. The fourth-order valence-electron chi connectivity index (χ4n) is 1.65. The second-order valence-corrected chi connectivity index (χ2v) is 7.47. The predicted octanol–water partition coefficient (Wildman–Crippen LogP) is 2.72. The third-order valence-electron chi connectivity index (χ3n) is 2.80. The zero-order chi connectivity index (χ0) is 18.2. The summed E-state index contributed by atoms with van der Waals surface area (Å²) in [6.45, 7) is 0. The molecule has 0 aliphatic carbocycles. The van der Waals surface area contributed by atoms with Crippen molar-refractivity contribution in [2.45, 2.75) is 16.0 Å². The van der Waals surface area contributed by atoms with E-state index in [0.29, 0.717) is 12.1 Å². The second kappa shape index (κ2) is 6.07. The van der Waals surface area contributed by atoms with Gasteiger partial charge in [0.25, 0.3) is 10.1 Å². The van der Waals surface area contributed by atoms with Crippen molar-refractivity contribution >= 4 is 20.2 Å². The van der Waals surface area contributed by atoms with Crippen LogP contribution in [0.15, 0.2) is 58.3 Å². The van der Waals surface area contributed by atoms with Gasteiger partial charge in [0.1, 0.15) is 10.6 Å². The van der Waals surface area contributed by atoms with Crippen molar-refractivity contribution in [3.63, 3.8) is 0 Å². The highest BCUT2D eigenvalue weighted by Gasteiger charge is 2.30. The van der Waals surface area contributed by atoms with Gasteiger partial charge in [-0.3, -0.25) is 4.55 Å². The van der Waals surface area contributed by atoms with E-state index >= 15 is 0 Å². The topological polar surface area (TPSA) is 97.7 Å². The van der Waals surface area contributed by atoms with Crippen molar-refractivity contribution in [2.75, 3.05) is 0 Å². The summed E-state index contributed by atoms with van der Waals surface area (Å²) < 4.78 is 96.5. The summed E-state index contributed by atoms with van der Waals surface area (Å²) in [6, 6.07) is 6.44. The highest BCUT2D eigenvalue weighted by atomic mass is 32.2. The minimum Gasteiger partial charge on any atom is -0.379 e. The lowest BCUT2D eigenvalue weighted by atomic mass is 10.2. The van der Waals surface area contributed by atoms with Crippen molar-refractivity contribution in [3.05, 3.63) is 54.1 Å². The van der Waals surface area contributed by atoms with Gasteiger partial charge in [-0.25, -0.2) is 0 Å². The Bertz CT molecular complexity index is 931. The van der Waals surface area contributed by atoms with Crippen LogP contribution in [-0.2, 0) is 26.4 Å². The molecule has 130 valence electrons. The summed E-state index contributed by atoms with van der Waals surface area (Å²) >= 11 is 0. The van der Waals surface area contributed by atoms with E-state index in [2.05, 4.69) is 0 Å². The largest absolute Gasteiger partial charge is 0.416 e. The molecule has 0 spiro atoms. The smallest absolute Gasteiger partial charge is 0.379 e. The summed E-state index contributed by atoms with van der Waals surface area (Å²) in [6.07, 6.45) is -4.60. The van der Waals surface area contributed by atoms with E-state index in [1.165, 1.54) is 0 Å². The van der Waals surface area contributed by atoms with Gasteiger partial charge in [-0.05, 0) is 48.5 Å². The van der Waals surface area contributed by atoms with E-state index in [9.17, 15) is 30.0 Å². The fourth-order valence-corrected chi connectivity index (χ4v) is 3.06. The fraction of sp³-hybridized carbons (Fsp3) is 0.0769. The van der Waals surface area contributed by atoms with Crippen LogP contribution in [0, 0.1) is 0 Å². The molecule has 0 saturated carbocycles. The van der Waals surface area contributed by atoms with E-state index in [1.54, 1.807) is 0 Å². The summed E-state index contributed by atoms with van der Waals surface area (Å²) in [7, 11) is -8.85. The second-order valence-electron chi connectivity index (χ2n) is 4.51. The van der Waals surface area contributed by atoms with E-state index in [0.717, 1.165) is 36.4 Å². The van der Waals surface area contributed by atoms with E-state index in [-0.39, 0.29) is 5.75 Å². The molecule has 0 bridgehead atoms. The van der Waals surface area contributed by atoms with Gasteiger partial charge in [-0.15, -0.1) is 0 Å². The normalized spacial score (nSPS) is 12.8. The van der Waals surface area contributed by atoms with Crippen molar-refractivity contribution < 1.29 is 38.7 Å². The summed E-state index contributed by atoms with van der Waals surface area (Å²) in [5.41, 5.74) is -1.01. The Balaban J connectivity index is 2.25. The minimum atomic E-state index is -4.60. The average molecular weight is 382 g/mol. The van der Waals surface area contributed by atoms with Crippen LogP contribution in [-0.4, -0.2) is 21.4 Å². The third-order valence-corrected chi connectivity index (χ3v) is 4.93. The quantitative estimate of drug-likeness (QED) is 0.645. The van der Waals surface area contributed by atoms with Gasteiger partial charge in [0.2, 0.25) is 0 Å². The van der Waals surface area contributed by atoms with Crippen LogP contribution in [0.1, 0.15) is 5.56 Å². The summed E-state index contributed by atoms with van der Waals surface area (Å²) in [5.74, 6) is -0.276. The van der Waals surface area contributed by atoms with Gasteiger partial charge in [-0.2, -0.15) is 30.0 Å². The summed E-state index contributed by atoms with van der Waals surface area (Å²) in [5, 5.41) is 0. The number of benzene rings is 2. The van der Waals surface area contributed by atoms with Crippen molar-refractivity contribution in [1.82, 2.24) is 0 Å². The molecule has 11 heteroatoms. The van der Waals surface area contributed by atoms with E-state index in [1.807, 2.05) is 0 Å². The lowest BCUT2D eigenvalue weighted by molar-refractivity contribution is -0.137. The number of rotatable bonds is 4. The first-order chi connectivity index (χ1) is 10.9. The van der Waals surface area contributed by atoms with Crippen molar-refractivity contribution in [1.29, 1.82) is 0 Å². The van der Waals surface area contributed by atoms with Gasteiger partial charge in [0, 0.05) is 0 Å². The molecule has 0 aliphatic rings. The van der Waals surface area contributed by atoms with Crippen molar-refractivity contribution in [3.8, 4) is 5.75 Å². The van der Waals surface area contributed by atoms with Gasteiger partial charge < -0.3 is 4.18 Å². The monoisotopic (exact) mass is 382 g/mol. The van der Waals surface area contributed by atoms with Crippen LogP contribution >= 0.6 is 0 Å². The first kappa shape index (κ1) is 18.2. The van der Waals surface area contributed by atoms with Crippen LogP contribution in [0.5, 0.6) is 5.75 Å². The van der Waals surface area contributed by atoms with Crippen LogP contribution in [0.2, 0.25) is 0 Å². The molecule has 1 N–H and O–H groups in total. The number of hydrogen-bond acceptors (Lipinski definition) is 5. The average Bonchev–Trinajstić information content (AvgIpc) is 2.46. The highest BCUT2D eigenvalue weighted by Crippen LogP contribution is 2.30. The van der Waals surface area contributed by atoms with Crippen LogP contribution < -0.4 is 4.18 Å². The zero-order valence-electron chi connectivity index (χ0n) is 11.6. The van der Waals surface area contributed by atoms with Gasteiger partial charge in [0.15, 0.2) is 0 Å².